The van der Waals surface area contributed by atoms with Gasteiger partial charge in [0.2, 0.25) is 0 Å². The molecule has 5 heterocycles. The Balaban J connectivity index is 1.10. The van der Waals surface area contributed by atoms with Crippen molar-refractivity contribution in [3.05, 3.63) is 53.2 Å². The first kappa shape index (κ1) is 32.6. The number of fused-ring (bicyclic) bond motifs is 5. The fourth-order valence-electron chi connectivity index (χ4n) is 5.62. The van der Waals surface area contributed by atoms with Gasteiger partial charge in [-0.15, -0.1) is 11.3 Å². The van der Waals surface area contributed by atoms with E-state index in [4.69, 9.17) is 33.7 Å². The van der Waals surface area contributed by atoms with Crippen molar-refractivity contribution >= 4 is 48.6 Å². The van der Waals surface area contributed by atoms with Crippen molar-refractivity contribution in [3.63, 3.8) is 0 Å². The second kappa shape index (κ2) is 15.5. The van der Waals surface area contributed by atoms with Gasteiger partial charge in [-0.2, -0.15) is 0 Å². The molecule has 0 bridgehead atoms. The molecular formula is C33H43N7O5S. The fraction of sp³-hybridized carbons (Fsp3) is 0.515. The number of anilines is 1. The molecule has 3 N–H and O–H groups in total. The molecule has 46 heavy (non-hydrogen) atoms. The van der Waals surface area contributed by atoms with Crippen LogP contribution in [0.15, 0.2) is 30.9 Å². The Morgan fingerprint density at radius 3 is 2.61 bits per heavy atom. The molecule has 1 aliphatic heterocycles. The summed E-state index contributed by atoms with van der Waals surface area (Å²) in [4.78, 5) is 23.1. The van der Waals surface area contributed by atoms with Crippen LogP contribution in [0.1, 0.15) is 36.2 Å². The number of rotatable bonds is 18. The number of aromatic nitrogens is 5. The molecule has 0 aliphatic carbocycles. The summed E-state index contributed by atoms with van der Waals surface area (Å²) in [5.41, 5.74) is 7.35. The maximum absolute atomic E-state index is 6.26. The second-order valence-corrected chi connectivity index (χ2v) is 12.9. The highest BCUT2D eigenvalue weighted by Gasteiger charge is 2.31. The molecule has 12 nitrogen and oxygen atoms in total. The monoisotopic (exact) mass is 649 g/mol. The van der Waals surface area contributed by atoms with Gasteiger partial charge in [-0.25, -0.2) is 19.9 Å². The van der Waals surface area contributed by atoms with Crippen molar-refractivity contribution in [3.8, 4) is 0 Å². The van der Waals surface area contributed by atoms with Gasteiger partial charge in [-0.05, 0) is 43.5 Å². The van der Waals surface area contributed by atoms with Gasteiger partial charge in [0.25, 0.3) is 0 Å². The third kappa shape index (κ3) is 7.97. The molecule has 1 aromatic carbocycles. The van der Waals surface area contributed by atoms with Crippen LogP contribution in [0.2, 0.25) is 0 Å². The lowest BCUT2D eigenvalue weighted by molar-refractivity contribution is -0.0415. The van der Waals surface area contributed by atoms with Gasteiger partial charge in [-0.3, -0.25) is 0 Å². The standard InChI is InChI=1S/C33H43N7O5S/c1-33(2)17-27-24(19-45-33)23(18-34-8-9-42-12-13-44-15-14-43-11-10-41-3)28-29-30(46-32(28)40-27)31(39-21-38-29)35-7-6-22-4-5-25-26(16-22)37-20-36-25/h4-5,16,20-21,34H,6-15,17-19H2,1-3H3,(H,36,37)(H,35,38,39). The Hall–Kier alpha value is -3.30. The maximum Gasteiger partial charge on any atom is 0.147 e. The van der Waals surface area contributed by atoms with Crippen LogP contribution in [-0.4, -0.2) is 97.0 Å². The Bertz CT molecular complexity index is 1740. The molecule has 13 heteroatoms. The summed E-state index contributed by atoms with van der Waals surface area (Å²) in [5, 5.41) is 8.22. The van der Waals surface area contributed by atoms with Crippen LogP contribution in [0.3, 0.4) is 0 Å². The molecule has 0 atom stereocenters. The van der Waals surface area contributed by atoms with Crippen LogP contribution in [0.5, 0.6) is 0 Å². The minimum atomic E-state index is -0.257. The van der Waals surface area contributed by atoms with E-state index in [1.54, 1.807) is 31.1 Å². The Morgan fingerprint density at radius 1 is 0.978 bits per heavy atom. The fourth-order valence-corrected chi connectivity index (χ4v) is 6.77. The van der Waals surface area contributed by atoms with E-state index in [0.717, 1.165) is 67.9 Å². The van der Waals surface area contributed by atoms with E-state index in [1.807, 2.05) is 0 Å². The van der Waals surface area contributed by atoms with Gasteiger partial charge < -0.3 is 39.3 Å². The van der Waals surface area contributed by atoms with Crippen molar-refractivity contribution in [2.45, 2.75) is 45.4 Å². The van der Waals surface area contributed by atoms with Crippen molar-refractivity contribution in [2.75, 3.05) is 71.8 Å². The van der Waals surface area contributed by atoms with Gasteiger partial charge >= 0.3 is 0 Å². The van der Waals surface area contributed by atoms with Gasteiger partial charge in [0.15, 0.2) is 0 Å². The van der Waals surface area contributed by atoms with E-state index in [9.17, 15) is 0 Å². The number of imidazole rings is 1. The van der Waals surface area contributed by atoms with Crippen LogP contribution >= 0.6 is 11.3 Å². The molecule has 1 aliphatic rings. The van der Waals surface area contributed by atoms with Crippen LogP contribution in [0, 0.1) is 0 Å². The normalized spacial score (nSPS) is 14.4. The van der Waals surface area contributed by atoms with E-state index >= 15 is 0 Å². The predicted molar refractivity (Wildman–Crippen MR) is 180 cm³/mol. The number of hydrogen-bond acceptors (Lipinski definition) is 12. The molecule has 246 valence electrons. The smallest absolute Gasteiger partial charge is 0.147 e. The van der Waals surface area contributed by atoms with Crippen molar-refractivity contribution in [1.82, 2.24) is 30.2 Å². The molecule has 0 spiro atoms. The lowest BCUT2D eigenvalue weighted by Gasteiger charge is -2.32. The number of nitrogens with zero attached hydrogens (tertiary/aromatic N) is 4. The first-order valence-electron chi connectivity index (χ1n) is 15.8. The Labute approximate surface area is 272 Å². The summed E-state index contributed by atoms with van der Waals surface area (Å²) in [5.74, 6) is 0.833. The Morgan fingerprint density at radius 2 is 1.78 bits per heavy atom. The van der Waals surface area contributed by atoms with Gasteiger partial charge in [0, 0.05) is 44.1 Å². The highest BCUT2D eigenvalue weighted by Crippen LogP contribution is 2.41. The summed E-state index contributed by atoms with van der Waals surface area (Å²) >= 11 is 1.65. The molecule has 0 radical (unpaired) electrons. The summed E-state index contributed by atoms with van der Waals surface area (Å²) in [6.07, 6.45) is 4.98. The van der Waals surface area contributed by atoms with E-state index in [0.29, 0.717) is 65.9 Å². The van der Waals surface area contributed by atoms with Crippen LogP contribution in [-0.2, 0) is 49.7 Å². The molecule has 0 saturated carbocycles. The molecule has 0 unspecified atom stereocenters. The zero-order chi connectivity index (χ0) is 31.8. The van der Waals surface area contributed by atoms with Crippen LogP contribution < -0.4 is 10.6 Å². The van der Waals surface area contributed by atoms with Crippen LogP contribution in [0.25, 0.3) is 31.5 Å². The van der Waals surface area contributed by atoms with Crippen molar-refractivity contribution in [2.24, 2.45) is 0 Å². The van der Waals surface area contributed by atoms with E-state index in [1.165, 1.54) is 11.1 Å². The first-order valence-corrected chi connectivity index (χ1v) is 16.6. The van der Waals surface area contributed by atoms with Crippen LogP contribution in [0.4, 0.5) is 5.82 Å². The lowest BCUT2D eigenvalue weighted by atomic mass is 9.92. The number of thiophene rings is 1. The van der Waals surface area contributed by atoms with E-state index in [2.05, 4.69) is 57.6 Å². The average Bonchev–Trinajstić information content (AvgIpc) is 3.67. The largest absolute Gasteiger partial charge is 0.382 e. The molecule has 0 saturated heterocycles. The number of benzene rings is 1. The minimum Gasteiger partial charge on any atom is -0.382 e. The topological polar surface area (TPSA) is 138 Å². The second-order valence-electron chi connectivity index (χ2n) is 11.9. The van der Waals surface area contributed by atoms with E-state index in [-0.39, 0.29) is 5.60 Å². The number of hydrogen-bond donors (Lipinski definition) is 3. The van der Waals surface area contributed by atoms with E-state index < -0.39 is 0 Å². The predicted octanol–water partition coefficient (Wildman–Crippen LogP) is 4.41. The van der Waals surface area contributed by atoms with Gasteiger partial charge in [0.05, 0.1) is 91.7 Å². The molecular weight excluding hydrogens is 606 g/mol. The Kier molecular flexibility index (Phi) is 11.0. The number of ether oxygens (including phenoxy) is 5. The minimum absolute atomic E-state index is 0.257. The third-order valence-electron chi connectivity index (χ3n) is 8.00. The number of pyridine rings is 1. The quantitative estimate of drug-likeness (QED) is 0.116. The maximum atomic E-state index is 6.26. The highest BCUT2D eigenvalue weighted by atomic mass is 32.1. The summed E-state index contributed by atoms with van der Waals surface area (Å²) in [6, 6.07) is 6.34. The average molecular weight is 650 g/mol. The van der Waals surface area contributed by atoms with Gasteiger partial charge in [0.1, 0.15) is 17.0 Å². The summed E-state index contributed by atoms with van der Waals surface area (Å²) < 4.78 is 29.0. The molecule has 0 amide bonds. The number of aromatic amines is 1. The number of nitrogens with one attached hydrogen (secondary N) is 3. The number of methoxy groups -OCH3 is 1. The van der Waals surface area contributed by atoms with Gasteiger partial charge in [-0.1, -0.05) is 6.07 Å². The molecule has 6 rings (SSSR count). The summed E-state index contributed by atoms with van der Waals surface area (Å²) in [6.45, 7) is 10.8. The van der Waals surface area contributed by atoms with Crippen molar-refractivity contribution < 1.29 is 23.7 Å². The highest BCUT2D eigenvalue weighted by molar-refractivity contribution is 7.26. The molecule has 5 aromatic rings. The zero-order valence-corrected chi connectivity index (χ0v) is 27.6. The molecule has 0 fully saturated rings. The summed E-state index contributed by atoms with van der Waals surface area (Å²) in [7, 11) is 1.66. The zero-order valence-electron chi connectivity index (χ0n) is 26.8. The third-order valence-corrected chi connectivity index (χ3v) is 9.08. The first-order chi connectivity index (χ1) is 22.5. The van der Waals surface area contributed by atoms with Crippen molar-refractivity contribution in [1.29, 1.82) is 0 Å². The number of H-pyrrole nitrogens is 1. The lowest BCUT2D eigenvalue weighted by Crippen LogP contribution is -2.33. The molecule has 4 aromatic heterocycles. The SMILES string of the molecule is COCCOCCOCCOCCNCc1c2c(nc3sc4c(NCCc5ccc6[nH]cnc6c5)ncnc4c13)CC(C)(C)OC2.